The van der Waals surface area contributed by atoms with Crippen molar-refractivity contribution in [2.24, 2.45) is 0 Å². The van der Waals surface area contributed by atoms with Crippen LogP contribution < -0.4 is 5.32 Å². The summed E-state index contributed by atoms with van der Waals surface area (Å²) in [5.74, 6) is -0.875. The molecule has 0 radical (unpaired) electrons. The van der Waals surface area contributed by atoms with Gasteiger partial charge in [0.15, 0.2) is 5.79 Å². The van der Waals surface area contributed by atoms with Gasteiger partial charge in [0.25, 0.3) is 5.91 Å². The highest BCUT2D eigenvalue weighted by Gasteiger charge is 2.32. The predicted octanol–water partition coefficient (Wildman–Crippen LogP) is 2.27. The molecule has 1 amide bonds. The van der Waals surface area contributed by atoms with Crippen molar-refractivity contribution < 1.29 is 14.3 Å². The minimum Gasteiger partial charge on any atom is -0.349 e. The Kier molecular flexibility index (Phi) is 4.30. The number of hydrogen-bond donors (Lipinski definition) is 1. The maximum Gasteiger partial charge on any atom is 0.252 e. The van der Waals surface area contributed by atoms with E-state index in [2.05, 4.69) is 10.3 Å². The number of carbonyl (C=O) groups is 1. The number of carbonyl (C=O) groups excluding carboxylic acids is 1. The predicted molar refractivity (Wildman–Crippen MR) is 71.5 cm³/mol. The van der Waals surface area contributed by atoms with E-state index in [0.717, 1.165) is 0 Å². The lowest BCUT2D eigenvalue weighted by Crippen LogP contribution is -2.34. The van der Waals surface area contributed by atoms with Crippen molar-refractivity contribution >= 4 is 29.1 Å². The van der Waals surface area contributed by atoms with Crippen LogP contribution in [0.1, 0.15) is 24.2 Å². The van der Waals surface area contributed by atoms with Crippen molar-refractivity contribution in [3.8, 4) is 0 Å². The van der Waals surface area contributed by atoms with Crippen LogP contribution in [0.2, 0.25) is 10.2 Å². The Balaban J connectivity index is 1.89. The van der Waals surface area contributed by atoms with Crippen molar-refractivity contribution in [2.45, 2.75) is 25.7 Å². The number of hydrogen-bond acceptors (Lipinski definition) is 4. The molecule has 5 nitrogen and oxygen atoms in total. The number of halogens is 2. The van der Waals surface area contributed by atoms with Crippen LogP contribution in [0.15, 0.2) is 12.3 Å². The highest BCUT2D eigenvalue weighted by Crippen LogP contribution is 2.22. The molecule has 104 valence electrons. The van der Waals surface area contributed by atoms with Gasteiger partial charge in [0.2, 0.25) is 0 Å². The lowest BCUT2D eigenvalue weighted by atomic mass is 10.2. The van der Waals surface area contributed by atoms with Crippen molar-refractivity contribution in [3.05, 3.63) is 28.0 Å². The number of pyridine rings is 1. The molecule has 0 aliphatic carbocycles. The summed E-state index contributed by atoms with van der Waals surface area (Å²) in [4.78, 5) is 15.7. The first-order valence-electron chi connectivity index (χ1n) is 5.78. The Bertz CT molecular complexity index is 494. The van der Waals surface area contributed by atoms with Crippen LogP contribution >= 0.6 is 23.2 Å². The second-order valence-electron chi connectivity index (χ2n) is 4.66. The molecule has 19 heavy (non-hydrogen) atoms. The summed E-state index contributed by atoms with van der Waals surface area (Å²) in [7, 11) is 0. The maximum absolute atomic E-state index is 11.9. The van der Waals surface area contributed by atoms with E-state index in [-0.39, 0.29) is 22.2 Å². The van der Waals surface area contributed by atoms with Gasteiger partial charge >= 0.3 is 0 Å². The fraction of sp³-hybridized carbons (Fsp3) is 0.500. The van der Waals surface area contributed by atoms with E-state index in [1.54, 1.807) is 0 Å². The zero-order valence-corrected chi connectivity index (χ0v) is 12.1. The van der Waals surface area contributed by atoms with Gasteiger partial charge in [-0.15, -0.1) is 0 Å². The van der Waals surface area contributed by atoms with E-state index in [1.165, 1.54) is 12.3 Å². The fourth-order valence-electron chi connectivity index (χ4n) is 1.72. The highest BCUT2D eigenvalue weighted by molar-refractivity contribution is 6.41. The molecular weight excluding hydrogens is 291 g/mol. The molecule has 0 aromatic carbocycles. The molecule has 2 rings (SSSR count). The molecule has 1 aromatic heterocycles. The van der Waals surface area contributed by atoms with Gasteiger partial charge in [-0.3, -0.25) is 4.79 Å². The molecule has 2 heterocycles. The first kappa shape index (κ1) is 14.5. The summed E-state index contributed by atoms with van der Waals surface area (Å²) < 4.78 is 11.0. The van der Waals surface area contributed by atoms with E-state index in [9.17, 15) is 4.79 Å². The normalized spacial score (nSPS) is 21.4. The van der Waals surface area contributed by atoms with Gasteiger partial charge in [0.05, 0.1) is 17.2 Å². The smallest absolute Gasteiger partial charge is 0.252 e. The largest absolute Gasteiger partial charge is 0.349 e. The van der Waals surface area contributed by atoms with Crippen LogP contribution in [-0.2, 0) is 9.47 Å². The first-order valence-corrected chi connectivity index (χ1v) is 6.54. The SMILES string of the molecule is CC1(C)OCC(CNC(=O)c2cnc(Cl)c(Cl)c2)O1. The number of rotatable bonds is 3. The standard InChI is InChI=1S/C12H14Cl2N2O3/c1-12(2)18-6-8(19-12)5-16-11(17)7-3-9(13)10(14)15-4-7/h3-4,8H,5-6H2,1-2H3,(H,16,17). The average Bonchev–Trinajstić information content (AvgIpc) is 2.69. The lowest BCUT2D eigenvalue weighted by Gasteiger charge is -2.17. The van der Waals surface area contributed by atoms with Gasteiger partial charge in [-0.1, -0.05) is 23.2 Å². The van der Waals surface area contributed by atoms with E-state index in [0.29, 0.717) is 18.7 Å². The zero-order chi connectivity index (χ0) is 14.0. The van der Waals surface area contributed by atoms with Crippen LogP contribution in [-0.4, -0.2) is 35.9 Å². The van der Waals surface area contributed by atoms with Gasteiger partial charge < -0.3 is 14.8 Å². The summed E-state index contributed by atoms with van der Waals surface area (Å²) >= 11 is 11.5. The quantitative estimate of drug-likeness (QED) is 0.870. The Morgan fingerprint density at radius 2 is 2.32 bits per heavy atom. The van der Waals surface area contributed by atoms with Crippen LogP contribution in [0.3, 0.4) is 0 Å². The third kappa shape index (κ3) is 3.79. The summed E-state index contributed by atoms with van der Waals surface area (Å²) in [6.07, 6.45) is 1.22. The van der Waals surface area contributed by atoms with Crippen molar-refractivity contribution in [1.82, 2.24) is 10.3 Å². The van der Waals surface area contributed by atoms with Crippen molar-refractivity contribution in [2.75, 3.05) is 13.2 Å². The van der Waals surface area contributed by atoms with Crippen molar-refractivity contribution in [3.63, 3.8) is 0 Å². The number of ether oxygens (including phenoxy) is 2. The number of nitrogens with zero attached hydrogens (tertiary/aromatic N) is 1. The molecular formula is C12H14Cl2N2O3. The fourth-order valence-corrected chi connectivity index (χ4v) is 1.99. The van der Waals surface area contributed by atoms with Gasteiger partial charge in [0.1, 0.15) is 11.3 Å². The topological polar surface area (TPSA) is 60.5 Å². The zero-order valence-electron chi connectivity index (χ0n) is 10.6. The summed E-state index contributed by atoms with van der Waals surface area (Å²) in [6.45, 7) is 4.48. The van der Waals surface area contributed by atoms with E-state index in [4.69, 9.17) is 32.7 Å². The molecule has 0 bridgehead atoms. The van der Waals surface area contributed by atoms with E-state index in [1.807, 2.05) is 13.8 Å². The Labute approximate surface area is 121 Å². The van der Waals surface area contributed by atoms with E-state index < -0.39 is 5.79 Å². The molecule has 1 saturated heterocycles. The highest BCUT2D eigenvalue weighted by atomic mass is 35.5. The molecule has 1 unspecified atom stereocenters. The van der Waals surface area contributed by atoms with E-state index >= 15 is 0 Å². The number of aromatic nitrogens is 1. The minimum atomic E-state index is -0.597. The Hall–Kier alpha value is -0.880. The summed E-state index contributed by atoms with van der Waals surface area (Å²) in [5.41, 5.74) is 0.354. The first-order chi connectivity index (χ1) is 8.87. The monoisotopic (exact) mass is 304 g/mol. The van der Waals surface area contributed by atoms with Crippen LogP contribution in [0.4, 0.5) is 0 Å². The van der Waals surface area contributed by atoms with Crippen LogP contribution in [0.25, 0.3) is 0 Å². The third-order valence-corrected chi connectivity index (χ3v) is 3.30. The van der Waals surface area contributed by atoms with Crippen molar-refractivity contribution in [1.29, 1.82) is 0 Å². The van der Waals surface area contributed by atoms with Gasteiger partial charge in [-0.05, 0) is 19.9 Å². The molecule has 1 aliphatic heterocycles. The van der Waals surface area contributed by atoms with Gasteiger partial charge in [0, 0.05) is 12.7 Å². The lowest BCUT2D eigenvalue weighted by molar-refractivity contribution is -0.137. The second kappa shape index (κ2) is 5.63. The maximum atomic E-state index is 11.9. The summed E-state index contributed by atoms with van der Waals surface area (Å²) in [5, 5.41) is 3.16. The molecule has 1 aliphatic rings. The molecule has 0 saturated carbocycles. The van der Waals surface area contributed by atoms with Gasteiger partial charge in [-0.2, -0.15) is 0 Å². The van der Waals surface area contributed by atoms with Crippen LogP contribution in [0.5, 0.6) is 0 Å². The minimum absolute atomic E-state index is 0.158. The number of nitrogens with one attached hydrogen (secondary N) is 1. The molecule has 0 spiro atoms. The second-order valence-corrected chi connectivity index (χ2v) is 5.42. The average molecular weight is 305 g/mol. The molecule has 1 aromatic rings. The molecule has 1 atom stereocenters. The van der Waals surface area contributed by atoms with Gasteiger partial charge in [-0.25, -0.2) is 4.98 Å². The third-order valence-electron chi connectivity index (χ3n) is 2.62. The molecule has 7 heteroatoms. The molecule has 1 N–H and O–H groups in total. The summed E-state index contributed by atoms with van der Waals surface area (Å²) in [6, 6.07) is 1.47. The Morgan fingerprint density at radius 1 is 1.58 bits per heavy atom. The Morgan fingerprint density at radius 3 is 2.89 bits per heavy atom. The van der Waals surface area contributed by atoms with Crippen LogP contribution in [0, 0.1) is 0 Å². The number of amides is 1. The molecule has 1 fully saturated rings.